The average molecular weight is 1290 g/mol. The Bertz CT molecular complexity index is 5550. The number of hydrogen-bond donors (Lipinski definition) is 0. The van der Waals surface area contributed by atoms with Crippen LogP contribution in [0.2, 0.25) is 0 Å². The topological polar surface area (TPSA) is 19.4 Å². The van der Waals surface area contributed by atoms with Crippen LogP contribution in [-0.4, -0.2) is 0 Å². The molecule has 0 saturated carbocycles. The van der Waals surface area contributed by atoms with E-state index in [1.807, 2.05) is 0 Å². The summed E-state index contributed by atoms with van der Waals surface area (Å²) in [5, 5.41) is 0. The van der Waals surface area contributed by atoms with Gasteiger partial charge in [-0.3, -0.25) is 0 Å². The molecule has 480 valence electrons. The third-order valence-electron chi connectivity index (χ3n) is 20.4. The summed E-state index contributed by atoms with van der Waals surface area (Å²) in [6.45, 7) is 15.8. The van der Waals surface area contributed by atoms with Crippen LogP contribution < -0.4 is 22.8 Å². The molecule has 5 heteroatoms. The fourth-order valence-electron chi connectivity index (χ4n) is 15.1. The Morgan fingerprint density at radius 1 is 0.210 bits per heavy atom. The van der Waals surface area contributed by atoms with Gasteiger partial charge in [-0.2, -0.15) is 22.8 Å². The molecule has 10 heterocycles. The third-order valence-corrected chi connectivity index (χ3v) is 20.4. The number of fused-ring (bicyclic) bond motifs is 15. The summed E-state index contributed by atoms with van der Waals surface area (Å²) in [7, 11) is 0. The average Bonchev–Trinajstić information content (AvgIpc) is 1.57. The Kier molecular flexibility index (Phi) is 17.2. The van der Waals surface area contributed by atoms with Gasteiger partial charge in [-0.05, 0) is 156 Å². The van der Waals surface area contributed by atoms with Gasteiger partial charge < -0.3 is 0 Å². The third kappa shape index (κ3) is 12.7. The number of aromatic nitrogens is 5. The van der Waals surface area contributed by atoms with Gasteiger partial charge in [0.25, 0.3) is 0 Å². The maximum Gasteiger partial charge on any atom is 0.216 e. The Labute approximate surface area is 588 Å². The van der Waals surface area contributed by atoms with Gasteiger partial charge in [0, 0.05) is 87.0 Å². The lowest BCUT2D eigenvalue weighted by molar-refractivity contribution is -0.672. The molecular weight excluding hydrogens is 1210 g/mol. The van der Waals surface area contributed by atoms with Gasteiger partial charge >= 0.3 is 0 Å². The lowest BCUT2D eigenvalue weighted by Gasteiger charge is -2.05. The van der Waals surface area contributed by atoms with Crippen molar-refractivity contribution < 1.29 is 22.8 Å². The maximum absolute atomic E-state index is 2.36. The van der Waals surface area contributed by atoms with Crippen molar-refractivity contribution in [1.82, 2.24) is 0 Å². The van der Waals surface area contributed by atoms with Crippen molar-refractivity contribution in [2.75, 3.05) is 0 Å². The van der Waals surface area contributed by atoms with E-state index in [-0.39, 0.29) is 0 Å². The molecule has 0 amide bonds. The van der Waals surface area contributed by atoms with Crippen molar-refractivity contribution in [2.45, 2.75) is 67.3 Å². The molecule has 100 heavy (non-hydrogen) atoms. The second-order valence-electron chi connectivity index (χ2n) is 27.1. The molecule has 0 radical (unpaired) electrons. The first kappa shape index (κ1) is 62.7. The van der Waals surface area contributed by atoms with E-state index in [1.54, 1.807) is 0 Å². The summed E-state index contributed by atoms with van der Waals surface area (Å²) in [5.74, 6) is 0. The van der Waals surface area contributed by atoms with E-state index >= 15 is 0 Å². The highest BCUT2D eigenvalue weighted by molar-refractivity contribution is 5.79. The summed E-state index contributed by atoms with van der Waals surface area (Å²) in [4.78, 5) is 0. The fourth-order valence-corrected chi connectivity index (χ4v) is 15.1. The SMILES string of the molecule is Cc1cc[n+]2c(c1)-c1cc(-c3ccccc3)ccc1C2.Cc1cc[n+]2c(c1C)-c1cc(-c3ccccc3)ccc1C2.Cc1ccc2[n+](c1)Cc1ccc(-c3ccccc3)cc1-2.Cc1ccc[n+]2c1-c1cc(-c3ccccc3)ccc1C2.c1ccc(-c2ccc3c(c2)C[n+]2ccccc2-3)cc1. The second kappa shape index (κ2) is 27.5. The summed E-state index contributed by atoms with van der Waals surface area (Å²) in [6.07, 6.45) is 11.0. The first-order chi connectivity index (χ1) is 49.1. The van der Waals surface area contributed by atoms with Crippen LogP contribution in [-0.2, 0) is 32.7 Å². The van der Waals surface area contributed by atoms with Crippen molar-refractivity contribution >= 4 is 0 Å². The van der Waals surface area contributed by atoms with Crippen molar-refractivity contribution in [1.29, 1.82) is 0 Å². The van der Waals surface area contributed by atoms with E-state index in [1.165, 1.54) is 168 Å². The van der Waals surface area contributed by atoms with Crippen molar-refractivity contribution in [3.63, 3.8) is 0 Å². The summed E-state index contributed by atoms with van der Waals surface area (Å²) >= 11 is 0. The molecule has 5 nitrogen and oxygen atoms in total. The molecule has 0 unspecified atom stereocenters. The van der Waals surface area contributed by atoms with Crippen LogP contribution in [0.4, 0.5) is 0 Å². The highest BCUT2D eigenvalue weighted by Crippen LogP contribution is 2.38. The Morgan fingerprint density at radius 2 is 0.610 bits per heavy atom. The van der Waals surface area contributed by atoms with E-state index in [2.05, 4.69) is 392 Å². The lowest BCUT2D eigenvalue weighted by Crippen LogP contribution is -2.32. The van der Waals surface area contributed by atoms with Gasteiger partial charge in [0.15, 0.2) is 63.7 Å². The molecule has 0 saturated heterocycles. The predicted octanol–water partition coefficient (Wildman–Crippen LogP) is 19.9. The minimum Gasteiger partial charge on any atom is -0.194 e. The van der Waals surface area contributed by atoms with Crippen LogP contribution in [0.25, 0.3) is 112 Å². The molecule has 0 atom stereocenters. The smallest absolute Gasteiger partial charge is 0.194 e. The Morgan fingerprint density at radius 3 is 1.16 bits per heavy atom. The summed E-state index contributed by atoms with van der Waals surface area (Å²) < 4.78 is 11.7. The van der Waals surface area contributed by atoms with E-state index in [0.29, 0.717) is 0 Å². The standard InChI is InChI=1S/C20H18N.3C19H16N.C18H14N/c1-14-10-11-21-13-18-9-8-17(16-6-4-3-5-7-16)12-19(18)20(21)15(14)2;1-14-6-5-11-20-13-17-10-9-16(12-18(17)19(14)20)15-7-3-2-4-8-15;1-14-7-10-19-18-11-16(15-5-3-2-4-6-15)8-9-17(18)13-20(19)12-14;1-14-9-10-20-13-17-8-7-16(12-18(17)19(20)11-14)15-5-3-2-4-6-15;1-2-6-14(7-3-1)15-9-10-17-16(12-15)13-19-11-5-4-8-18(17)19/h3-12H,13H2,1-2H3;3*2-12H,13H2,1H3;1-12H,13H2/q5*+1. The maximum atomic E-state index is 2.36. The minimum atomic E-state index is 0.978. The first-order valence-electron chi connectivity index (χ1n) is 35.0. The molecule has 0 aliphatic carbocycles. The number of pyridine rings is 5. The van der Waals surface area contributed by atoms with Gasteiger partial charge in [-0.25, -0.2) is 0 Å². The number of rotatable bonds is 5. The van der Waals surface area contributed by atoms with Gasteiger partial charge in [-0.1, -0.05) is 206 Å². The molecule has 5 aromatic heterocycles. The van der Waals surface area contributed by atoms with Gasteiger partial charge in [-0.15, -0.1) is 0 Å². The largest absolute Gasteiger partial charge is 0.216 e. The molecule has 0 N–H and O–H groups in total. The van der Waals surface area contributed by atoms with Crippen LogP contribution in [0.3, 0.4) is 0 Å². The Balaban J connectivity index is 0.0000000973. The quantitative estimate of drug-likeness (QED) is 0.153. The predicted molar refractivity (Wildman–Crippen MR) is 407 cm³/mol. The number of hydrogen-bond acceptors (Lipinski definition) is 0. The molecule has 15 aromatic rings. The Hall–Kier alpha value is -12.1. The van der Waals surface area contributed by atoms with Crippen molar-refractivity contribution in [2.24, 2.45) is 0 Å². The molecule has 10 aromatic carbocycles. The van der Waals surface area contributed by atoms with E-state index < -0.39 is 0 Å². The normalized spacial score (nSPS) is 12.1. The van der Waals surface area contributed by atoms with E-state index in [9.17, 15) is 0 Å². The van der Waals surface area contributed by atoms with E-state index in [0.717, 1.165) is 32.7 Å². The second-order valence-corrected chi connectivity index (χ2v) is 27.1. The summed E-state index contributed by atoms with van der Waals surface area (Å²) in [5.41, 5.74) is 40.2. The van der Waals surface area contributed by atoms with Crippen LogP contribution in [0.1, 0.15) is 55.6 Å². The monoisotopic (exact) mass is 1290 g/mol. The first-order valence-corrected chi connectivity index (χ1v) is 35.0. The molecular formula is C95H80N5+5. The molecule has 20 rings (SSSR count). The zero-order valence-corrected chi connectivity index (χ0v) is 57.5. The molecule has 0 bridgehead atoms. The molecule has 5 aliphatic rings. The highest BCUT2D eigenvalue weighted by Gasteiger charge is 2.32. The fraction of sp³-hybridized carbons (Fsp3) is 0.105. The zero-order chi connectivity index (χ0) is 67.6. The van der Waals surface area contributed by atoms with Gasteiger partial charge in [0.1, 0.15) is 0 Å². The molecule has 0 spiro atoms. The van der Waals surface area contributed by atoms with E-state index in [4.69, 9.17) is 0 Å². The van der Waals surface area contributed by atoms with Gasteiger partial charge in [0.05, 0.1) is 27.8 Å². The number of nitrogens with zero attached hydrogens (tertiary/aromatic N) is 5. The molecule has 5 aliphatic heterocycles. The van der Waals surface area contributed by atoms with Crippen LogP contribution in [0.15, 0.2) is 334 Å². The minimum absolute atomic E-state index is 0.978. The number of benzene rings is 10. The van der Waals surface area contributed by atoms with Crippen molar-refractivity contribution in [3.05, 3.63) is 390 Å². The van der Waals surface area contributed by atoms with Crippen LogP contribution >= 0.6 is 0 Å². The summed E-state index contributed by atoms with van der Waals surface area (Å²) in [6, 6.07) is 109. The lowest BCUT2D eigenvalue weighted by atomic mass is 9.97. The van der Waals surface area contributed by atoms with Crippen molar-refractivity contribution in [3.8, 4) is 112 Å². The van der Waals surface area contributed by atoms with Crippen LogP contribution in [0.5, 0.6) is 0 Å². The zero-order valence-electron chi connectivity index (χ0n) is 57.5. The number of aryl methyl sites for hydroxylation is 4. The highest BCUT2D eigenvalue weighted by atomic mass is 15.0. The molecule has 0 fully saturated rings. The van der Waals surface area contributed by atoms with Crippen LogP contribution in [0, 0.1) is 34.6 Å². The van der Waals surface area contributed by atoms with Gasteiger partial charge in [0.2, 0.25) is 28.5 Å².